The second-order valence-corrected chi connectivity index (χ2v) is 7.16. The molecular formula is C21H22FN3O5. The molecule has 1 fully saturated rings. The van der Waals surface area contributed by atoms with Crippen LogP contribution in [0.15, 0.2) is 42.5 Å². The smallest absolute Gasteiger partial charge is 0.321 e. The summed E-state index contributed by atoms with van der Waals surface area (Å²) in [5.41, 5.74) is 3.16. The molecule has 158 valence electrons. The first-order valence-electron chi connectivity index (χ1n) is 9.65. The van der Waals surface area contributed by atoms with E-state index in [4.69, 9.17) is 14.7 Å². The number of fused-ring (bicyclic) bond motifs is 1. The average molecular weight is 415 g/mol. The van der Waals surface area contributed by atoms with Crippen molar-refractivity contribution in [2.24, 2.45) is 0 Å². The number of hydrogen-bond acceptors (Lipinski definition) is 5. The van der Waals surface area contributed by atoms with E-state index in [0.29, 0.717) is 43.2 Å². The van der Waals surface area contributed by atoms with Crippen molar-refractivity contribution in [3.05, 3.63) is 65.0 Å². The lowest BCUT2D eigenvalue weighted by molar-refractivity contribution is 0.0362. The molecular weight excluding hydrogens is 393 g/mol. The summed E-state index contributed by atoms with van der Waals surface area (Å²) in [4.78, 5) is 28.5. The number of rotatable bonds is 2. The van der Waals surface area contributed by atoms with Crippen molar-refractivity contribution >= 4 is 11.9 Å². The van der Waals surface area contributed by atoms with Gasteiger partial charge in [0.2, 0.25) is 0 Å². The Morgan fingerprint density at radius 1 is 1.13 bits per heavy atom. The molecule has 2 aliphatic rings. The van der Waals surface area contributed by atoms with Gasteiger partial charge in [0.05, 0.1) is 25.8 Å². The molecule has 0 spiro atoms. The highest BCUT2D eigenvalue weighted by Crippen LogP contribution is 2.33. The Morgan fingerprint density at radius 2 is 1.93 bits per heavy atom. The van der Waals surface area contributed by atoms with Gasteiger partial charge in [-0.3, -0.25) is 10.0 Å². The third kappa shape index (κ3) is 4.07. The lowest BCUT2D eigenvalue weighted by atomic mass is 10.0. The number of nitrogens with zero attached hydrogens (tertiary/aromatic N) is 2. The van der Waals surface area contributed by atoms with Crippen molar-refractivity contribution in [3.63, 3.8) is 0 Å². The van der Waals surface area contributed by atoms with E-state index in [0.717, 1.165) is 0 Å². The summed E-state index contributed by atoms with van der Waals surface area (Å²) in [6.07, 6.45) is 0. The van der Waals surface area contributed by atoms with Gasteiger partial charge in [-0.25, -0.2) is 14.7 Å². The Balaban J connectivity index is 1.69. The van der Waals surface area contributed by atoms with Crippen molar-refractivity contribution in [3.8, 4) is 5.75 Å². The fourth-order valence-electron chi connectivity index (χ4n) is 3.70. The molecule has 1 atom stereocenters. The number of halogens is 1. The number of urea groups is 1. The summed E-state index contributed by atoms with van der Waals surface area (Å²) in [5, 5.41) is 8.88. The third-order valence-corrected chi connectivity index (χ3v) is 5.31. The van der Waals surface area contributed by atoms with Crippen molar-refractivity contribution < 1.29 is 28.7 Å². The fourth-order valence-corrected chi connectivity index (χ4v) is 3.70. The van der Waals surface area contributed by atoms with Crippen molar-refractivity contribution in [2.45, 2.75) is 12.6 Å². The van der Waals surface area contributed by atoms with Crippen molar-refractivity contribution in [2.75, 3.05) is 32.9 Å². The van der Waals surface area contributed by atoms with Gasteiger partial charge in [0, 0.05) is 24.2 Å². The molecule has 2 aromatic carbocycles. The molecule has 0 bridgehead atoms. The molecule has 0 radical (unpaired) electrons. The van der Waals surface area contributed by atoms with Crippen LogP contribution in [0.3, 0.4) is 0 Å². The first-order valence-corrected chi connectivity index (χ1v) is 9.65. The largest absolute Gasteiger partial charge is 0.491 e. The molecule has 0 aliphatic carbocycles. The van der Waals surface area contributed by atoms with Gasteiger partial charge >= 0.3 is 6.03 Å². The molecule has 0 aromatic heterocycles. The maximum absolute atomic E-state index is 13.9. The lowest BCUT2D eigenvalue weighted by Gasteiger charge is -2.36. The maximum atomic E-state index is 13.9. The van der Waals surface area contributed by atoms with Crippen LogP contribution in [0.25, 0.3) is 0 Å². The van der Waals surface area contributed by atoms with E-state index in [1.54, 1.807) is 39.5 Å². The minimum atomic E-state index is -0.659. The van der Waals surface area contributed by atoms with Crippen LogP contribution in [-0.2, 0) is 11.3 Å². The number of ether oxygens (including phenoxy) is 2. The van der Waals surface area contributed by atoms with Gasteiger partial charge < -0.3 is 19.3 Å². The van der Waals surface area contributed by atoms with E-state index in [9.17, 15) is 14.0 Å². The second-order valence-electron chi connectivity index (χ2n) is 7.16. The van der Waals surface area contributed by atoms with Gasteiger partial charge in [-0.2, -0.15) is 0 Å². The van der Waals surface area contributed by atoms with Crippen LogP contribution < -0.4 is 10.2 Å². The van der Waals surface area contributed by atoms with Crippen LogP contribution in [0.1, 0.15) is 27.5 Å². The topological polar surface area (TPSA) is 91.3 Å². The standard InChI is InChI=1S/C21H22FN3O5/c22-17-3-1-2-14(10-17)18-13-30-19-11-15(20(26)23-28)4-5-16(19)12-25(18)21(27)24-6-8-29-9-7-24/h1-5,10-11,18,28H,6-9,12-13H2,(H,23,26)/t18-/m1/s1. The summed E-state index contributed by atoms with van der Waals surface area (Å²) >= 11 is 0. The number of carbonyl (C=O) groups is 2. The summed E-state index contributed by atoms with van der Waals surface area (Å²) in [5.74, 6) is -0.613. The lowest BCUT2D eigenvalue weighted by Crippen LogP contribution is -2.49. The van der Waals surface area contributed by atoms with Gasteiger partial charge in [0.15, 0.2) is 0 Å². The highest BCUT2D eigenvalue weighted by molar-refractivity contribution is 5.93. The van der Waals surface area contributed by atoms with E-state index in [-0.39, 0.29) is 24.7 Å². The minimum absolute atomic E-state index is 0.0940. The Hall–Kier alpha value is -3.17. The van der Waals surface area contributed by atoms with Gasteiger partial charge in [0.25, 0.3) is 5.91 Å². The van der Waals surface area contributed by atoms with E-state index in [2.05, 4.69) is 0 Å². The highest BCUT2D eigenvalue weighted by atomic mass is 19.1. The number of amides is 3. The zero-order valence-corrected chi connectivity index (χ0v) is 16.2. The van der Waals surface area contributed by atoms with E-state index in [1.807, 2.05) is 0 Å². The Morgan fingerprint density at radius 3 is 2.67 bits per heavy atom. The third-order valence-electron chi connectivity index (χ3n) is 5.31. The SMILES string of the molecule is O=C(NO)c1ccc2c(c1)OC[C@H](c1cccc(F)c1)N(C(=O)N1CCOCC1)C2. The van der Waals surface area contributed by atoms with Gasteiger partial charge in [-0.05, 0) is 29.8 Å². The zero-order valence-electron chi connectivity index (χ0n) is 16.2. The van der Waals surface area contributed by atoms with Crippen LogP contribution in [0.5, 0.6) is 5.75 Å². The van der Waals surface area contributed by atoms with E-state index >= 15 is 0 Å². The molecule has 9 heteroatoms. The second kappa shape index (κ2) is 8.68. The normalized spacial score (nSPS) is 18.8. The molecule has 1 saturated heterocycles. The Labute approximate surface area is 172 Å². The summed E-state index contributed by atoms with van der Waals surface area (Å²) in [6.45, 7) is 2.22. The van der Waals surface area contributed by atoms with Crippen LogP contribution in [0.2, 0.25) is 0 Å². The molecule has 8 nitrogen and oxygen atoms in total. The van der Waals surface area contributed by atoms with Gasteiger partial charge in [0.1, 0.15) is 18.2 Å². The fraction of sp³-hybridized carbons (Fsp3) is 0.333. The summed E-state index contributed by atoms with van der Waals surface area (Å²) < 4.78 is 25.2. The summed E-state index contributed by atoms with van der Waals surface area (Å²) in [6, 6.07) is 10.2. The quantitative estimate of drug-likeness (QED) is 0.580. The monoisotopic (exact) mass is 415 g/mol. The highest BCUT2D eigenvalue weighted by Gasteiger charge is 2.33. The van der Waals surface area contributed by atoms with Crippen LogP contribution in [0, 0.1) is 5.82 Å². The number of nitrogens with one attached hydrogen (secondary N) is 1. The van der Waals surface area contributed by atoms with Crippen LogP contribution in [-0.4, -0.2) is 59.9 Å². The number of hydroxylamine groups is 1. The number of hydrogen-bond donors (Lipinski definition) is 2. The van der Waals surface area contributed by atoms with E-state index in [1.165, 1.54) is 18.2 Å². The predicted octanol–water partition coefficient (Wildman–Crippen LogP) is 2.33. The zero-order chi connectivity index (χ0) is 21.1. The molecule has 3 amide bonds. The van der Waals surface area contributed by atoms with Gasteiger partial charge in [-0.15, -0.1) is 0 Å². The van der Waals surface area contributed by atoms with E-state index < -0.39 is 17.8 Å². The molecule has 2 N–H and O–H groups in total. The molecule has 2 heterocycles. The number of carbonyl (C=O) groups excluding carboxylic acids is 2. The Kier molecular flexibility index (Phi) is 5.82. The van der Waals surface area contributed by atoms with Crippen LogP contribution >= 0.6 is 0 Å². The molecule has 4 rings (SSSR count). The van der Waals surface area contributed by atoms with Crippen molar-refractivity contribution in [1.82, 2.24) is 15.3 Å². The number of benzene rings is 2. The predicted molar refractivity (Wildman–Crippen MR) is 104 cm³/mol. The average Bonchev–Trinajstić information content (AvgIpc) is 2.98. The molecule has 30 heavy (non-hydrogen) atoms. The van der Waals surface area contributed by atoms with Gasteiger partial charge in [-0.1, -0.05) is 18.2 Å². The Bertz CT molecular complexity index is 948. The molecule has 0 unspecified atom stereocenters. The maximum Gasteiger partial charge on any atom is 0.321 e. The van der Waals surface area contributed by atoms with Crippen LogP contribution in [0.4, 0.5) is 9.18 Å². The van der Waals surface area contributed by atoms with Crippen molar-refractivity contribution in [1.29, 1.82) is 0 Å². The molecule has 2 aromatic rings. The number of morpholine rings is 1. The molecule has 2 aliphatic heterocycles. The first-order chi connectivity index (χ1) is 14.6. The summed E-state index contributed by atoms with van der Waals surface area (Å²) in [7, 11) is 0. The minimum Gasteiger partial charge on any atom is -0.491 e. The molecule has 0 saturated carbocycles. The first kappa shape index (κ1) is 20.1.